The lowest BCUT2D eigenvalue weighted by Crippen LogP contribution is -2.35. The summed E-state index contributed by atoms with van der Waals surface area (Å²) in [7, 11) is 3.15. The van der Waals surface area contributed by atoms with Crippen LogP contribution in [0.5, 0.6) is 11.5 Å². The molecule has 0 saturated carbocycles. The first-order chi connectivity index (χ1) is 16.5. The number of ether oxygens (including phenoxy) is 2. The van der Waals surface area contributed by atoms with Crippen LogP contribution in [0, 0.1) is 0 Å². The number of benzene rings is 3. The third-order valence-corrected chi connectivity index (χ3v) is 5.68. The van der Waals surface area contributed by atoms with Crippen molar-refractivity contribution in [3.63, 3.8) is 0 Å². The van der Waals surface area contributed by atoms with Gasteiger partial charge in [0.05, 0.1) is 32.8 Å². The van der Waals surface area contributed by atoms with Gasteiger partial charge < -0.3 is 24.7 Å². The minimum atomic E-state index is -0.359. The smallest absolute Gasteiger partial charge is 0.322 e. The zero-order valence-electron chi connectivity index (χ0n) is 18.8. The van der Waals surface area contributed by atoms with E-state index in [4.69, 9.17) is 21.1 Å². The van der Waals surface area contributed by atoms with E-state index in [2.05, 4.69) is 10.3 Å². The summed E-state index contributed by atoms with van der Waals surface area (Å²) in [5.41, 5.74) is 2.26. The minimum absolute atomic E-state index is 0.0920. The van der Waals surface area contributed by atoms with Gasteiger partial charge in [-0.05, 0) is 53.9 Å². The second-order valence-electron chi connectivity index (χ2n) is 7.68. The predicted octanol–water partition coefficient (Wildman–Crippen LogP) is 5.43. The van der Waals surface area contributed by atoms with Crippen LogP contribution in [0.2, 0.25) is 5.02 Å². The fourth-order valence-corrected chi connectivity index (χ4v) is 3.78. The average Bonchev–Trinajstić information content (AvgIpc) is 2.85. The Hall–Kier alpha value is -3.97. The SMILES string of the molecule is COc1ccc2cc(CN(Cc3ccccc3OC)C(=O)Nc3ccc(Cl)cc3)c(=O)[nH]c2c1. The number of anilines is 1. The number of aromatic amines is 1. The first-order valence-corrected chi connectivity index (χ1v) is 11.0. The molecule has 1 heterocycles. The number of fused-ring (bicyclic) bond motifs is 1. The number of hydrogen-bond acceptors (Lipinski definition) is 4. The Kier molecular flexibility index (Phi) is 7.04. The topological polar surface area (TPSA) is 83.7 Å². The largest absolute Gasteiger partial charge is 0.497 e. The number of hydrogen-bond donors (Lipinski definition) is 2. The Morgan fingerprint density at radius 3 is 2.41 bits per heavy atom. The third-order valence-electron chi connectivity index (χ3n) is 5.43. The third kappa shape index (κ3) is 5.32. The first kappa shape index (κ1) is 23.2. The van der Waals surface area contributed by atoms with Crippen LogP contribution in [0.15, 0.2) is 77.6 Å². The van der Waals surface area contributed by atoms with E-state index < -0.39 is 0 Å². The molecule has 1 aromatic heterocycles. The molecule has 2 amide bonds. The van der Waals surface area contributed by atoms with Gasteiger partial charge in [-0.2, -0.15) is 0 Å². The molecule has 0 radical (unpaired) electrons. The number of urea groups is 1. The van der Waals surface area contributed by atoms with Crippen molar-refractivity contribution < 1.29 is 14.3 Å². The van der Waals surface area contributed by atoms with Crippen LogP contribution >= 0.6 is 11.6 Å². The van der Waals surface area contributed by atoms with E-state index in [1.165, 1.54) is 0 Å². The van der Waals surface area contributed by atoms with E-state index in [1.807, 2.05) is 36.4 Å². The highest BCUT2D eigenvalue weighted by atomic mass is 35.5. The van der Waals surface area contributed by atoms with Gasteiger partial charge in [0.15, 0.2) is 0 Å². The fourth-order valence-electron chi connectivity index (χ4n) is 3.65. The van der Waals surface area contributed by atoms with Gasteiger partial charge in [-0.3, -0.25) is 4.79 Å². The molecule has 4 rings (SSSR count). The van der Waals surface area contributed by atoms with Crippen LogP contribution in [0.3, 0.4) is 0 Å². The molecular formula is C26H24ClN3O4. The van der Waals surface area contributed by atoms with Crippen molar-refractivity contribution in [1.82, 2.24) is 9.88 Å². The summed E-state index contributed by atoms with van der Waals surface area (Å²) in [5.74, 6) is 1.31. The van der Waals surface area contributed by atoms with E-state index in [1.54, 1.807) is 55.5 Å². The Bertz CT molecular complexity index is 1370. The normalized spacial score (nSPS) is 10.7. The fraction of sp³-hybridized carbons (Fsp3) is 0.154. The molecule has 0 aliphatic rings. The van der Waals surface area contributed by atoms with Crippen molar-refractivity contribution in [3.8, 4) is 11.5 Å². The van der Waals surface area contributed by atoms with Gasteiger partial charge in [-0.15, -0.1) is 0 Å². The molecule has 0 aliphatic heterocycles. The van der Waals surface area contributed by atoms with Crippen molar-refractivity contribution in [1.29, 1.82) is 0 Å². The number of amides is 2. The van der Waals surface area contributed by atoms with Gasteiger partial charge in [-0.25, -0.2) is 4.79 Å². The number of carbonyl (C=O) groups is 1. The zero-order valence-corrected chi connectivity index (χ0v) is 19.6. The summed E-state index contributed by atoms with van der Waals surface area (Å²) >= 11 is 5.96. The molecule has 3 aromatic carbocycles. The second-order valence-corrected chi connectivity index (χ2v) is 8.12. The molecule has 0 saturated heterocycles. The van der Waals surface area contributed by atoms with Crippen LogP contribution in [0.4, 0.5) is 10.5 Å². The van der Waals surface area contributed by atoms with E-state index in [0.717, 1.165) is 10.9 Å². The van der Waals surface area contributed by atoms with Gasteiger partial charge in [0.2, 0.25) is 0 Å². The van der Waals surface area contributed by atoms with E-state index in [-0.39, 0.29) is 24.7 Å². The Labute approximate surface area is 201 Å². The van der Waals surface area contributed by atoms with E-state index in [0.29, 0.717) is 33.3 Å². The molecule has 0 aliphatic carbocycles. The zero-order chi connectivity index (χ0) is 24.1. The molecule has 2 N–H and O–H groups in total. The highest BCUT2D eigenvalue weighted by Gasteiger charge is 2.19. The van der Waals surface area contributed by atoms with Gasteiger partial charge in [0.25, 0.3) is 5.56 Å². The molecule has 0 atom stereocenters. The highest BCUT2D eigenvalue weighted by molar-refractivity contribution is 6.30. The number of nitrogens with zero attached hydrogens (tertiary/aromatic N) is 1. The molecule has 4 aromatic rings. The van der Waals surface area contributed by atoms with Gasteiger partial charge in [0.1, 0.15) is 11.5 Å². The number of halogens is 1. The molecule has 7 nitrogen and oxygen atoms in total. The number of para-hydroxylation sites is 1. The lowest BCUT2D eigenvalue weighted by atomic mass is 10.1. The lowest BCUT2D eigenvalue weighted by molar-refractivity contribution is 0.205. The standard InChI is InChI=1S/C26H24ClN3O4/c1-33-22-12-7-17-13-19(25(31)29-23(17)14-22)16-30(15-18-5-3-4-6-24(18)34-2)26(32)28-21-10-8-20(27)9-11-21/h3-14H,15-16H2,1-2H3,(H,28,32)(H,29,31). The Balaban J connectivity index is 1.67. The second kappa shape index (κ2) is 10.3. The number of nitrogens with one attached hydrogen (secondary N) is 2. The molecule has 0 spiro atoms. The van der Waals surface area contributed by atoms with E-state index in [9.17, 15) is 9.59 Å². The summed E-state index contributed by atoms with van der Waals surface area (Å²) in [6.07, 6.45) is 0. The minimum Gasteiger partial charge on any atom is -0.497 e. The van der Waals surface area contributed by atoms with E-state index >= 15 is 0 Å². The molecule has 8 heteroatoms. The number of rotatable bonds is 7. The maximum atomic E-state index is 13.3. The van der Waals surface area contributed by atoms with Crippen molar-refractivity contribution in [2.24, 2.45) is 0 Å². The van der Waals surface area contributed by atoms with Crippen molar-refractivity contribution in [2.45, 2.75) is 13.1 Å². The van der Waals surface area contributed by atoms with Crippen molar-refractivity contribution in [3.05, 3.63) is 99.3 Å². The van der Waals surface area contributed by atoms with Crippen LogP contribution in [0.1, 0.15) is 11.1 Å². The summed E-state index contributed by atoms with van der Waals surface area (Å²) in [5, 5.41) is 4.29. The summed E-state index contributed by atoms with van der Waals surface area (Å²) in [4.78, 5) is 30.6. The quantitative estimate of drug-likeness (QED) is 0.371. The number of H-pyrrole nitrogens is 1. The van der Waals surface area contributed by atoms with Gasteiger partial charge in [-0.1, -0.05) is 29.8 Å². The predicted molar refractivity (Wildman–Crippen MR) is 134 cm³/mol. The summed E-state index contributed by atoms with van der Waals surface area (Å²) < 4.78 is 10.7. The molecule has 34 heavy (non-hydrogen) atoms. The molecule has 174 valence electrons. The Morgan fingerprint density at radius 1 is 0.941 bits per heavy atom. The summed E-state index contributed by atoms with van der Waals surface area (Å²) in [6.45, 7) is 0.332. The lowest BCUT2D eigenvalue weighted by Gasteiger charge is -2.24. The monoisotopic (exact) mass is 477 g/mol. The number of methoxy groups -OCH3 is 2. The molecular weight excluding hydrogens is 454 g/mol. The maximum Gasteiger partial charge on any atom is 0.322 e. The molecule has 0 unspecified atom stereocenters. The average molecular weight is 478 g/mol. The first-order valence-electron chi connectivity index (χ1n) is 10.6. The maximum absolute atomic E-state index is 13.3. The summed E-state index contributed by atoms with van der Waals surface area (Å²) in [6, 6.07) is 21.2. The van der Waals surface area contributed by atoms with Crippen LogP contribution < -0.4 is 20.3 Å². The van der Waals surface area contributed by atoms with Gasteiger partial charge >= 0.3 is 6.03 Å². The number of pyridine rings is 1. The molecule has 0 bridgehead atoms. The van der Waals surface area contributed by atoms with Crippen LogP contribution in [0.25, 0.3) is 10.9 Å². The number of carbonyl (C=O) groups excluding carboxylic acids is 1. The van der Waals surface area contributed by atoms with Crippen molar-refractivity contribution >= 4 is 34.2 Å². The van der Waals surface area contributed by atoms with Gasteiger partial charge in [0, 0.05) is 27.9 Å². The molecule has 0 fully saturated rings. The van der Waals surface area contributed by atoms with Crippen molar-refractivity contribution in [2.75, 3.05) is 19.5 Å². The highest BCUT2D eigenvalue weighted by Crippen LogP contribution is 2.23. The number of aromatic nitrogens is 1. The Morgan fingerprint density at radius 2 is 1.68 bits per heavy atom. The van der Waals surface area contributed by atoms with Crippen LogP contribution in [-0.2, 0) is 13.1 Å². The van der Waals surface area contributed by atoms with Crippen LogP contribution in [-0.4, -0.2) is 30.1 Å².